The molecule has 35 heavy (non-hydrogen) atoms. The van der Waals surface area contributed by atoms with E-state index in [4.69, 9.17) is 0 Å². The van der Waals surface area contributed by atoms with Gasteiger partial charge in [0.05, 0.1) is 16.9 Å². The van der Waals surface area contributed by atoms with Crippen molar-refractivity contribution < 1.29 is 35.1 Å². The van der Waals surface area contributed by atoms with E-state index in [-0.39, 0.29) is 5.69 Å². The molecule has 2 aromatic carbocycles. The highest BCUT2D eigenvalue weighted by Gasteiger charge is 2.38. The monoisotopic (exact) mass is 502 g/mol. The zero-order chi connectivity index (χ0) is 25.7. The van der Waals surface area contributed by atoms with Gasteiger partial charge in [-0.15, -0.1) is 0 Å². The van der Waals surface area contributed by atoms with Crippen LogP contribution < -0.4 is 10.6 Å². The summed E-state index contributed by atoms with van der Waals surface area (Å²) >= 11 is 0. The first-order chi connectivity index (χ1) is 16.2. The predicted molar refractivity (Wildman–Crippen MR) is 110 cm³/mol. The molecule has 0 aliphatic rings. The molecule has 0 aliphatic heterocycles. The van der Waals surface area contributed by atoms with Gasteiger partial charge in [-0.3, -0.25) is 0 Å². The lowest BCUT2D eigenvalue weighted by Crippen LogP contribution is -2.12. The fourth-order valence-electron chi connectivity index (χ4n) is 3.21. The number of aryl methyl sites for hydroxylation is 2. The normalized spacial score (nSPS) is 12.3. The van der Waals surface area contributed by atoms with Gasteiger partial charge in [0, 0.05) is 7.05 Å². The van der Waals surface area contributed by atoms with Gasteiger partial charge in [0.2, 0.25) is 5.82 Å². The lowest BCUT2D eigenvalue weighted by molar-refractivity contribution is -0.146. The Morgan fingerprint density at radius 2 is 1.31 bits per heavy atom. The SMILES string of the molecule is Cc1ccc(F)c(Nc2nc3nc(C(F)(F)F)n(C)c3nc2Nc2cc(C(F)(F)F)ccc2F)c1. The van der Waals surface area contributed by atoms with E-state index in [1.807, 2.05) is 0 Å². The lowest BCUT2D eigenvalue weighted by atomic mass is 10.2. The molecule has 6 nitrogen and oxygen atoms in total. The Kier molecular flexibility index (Phi) is 5.77. The zero-order valence-corrected chi connectivity index (χ0v) is 17.8. The van der Waals surface area contributed by atoms with E-state index in [1.54, 1.807) is 6.92 Å². The number of hydrogen-bond donors (Lipinski definition) is 2. The molecule has 184 valence electrons. The summed E-state index contributed by atoms with van der Waals surface area (Å²) in [6.45, 7) is 1.64. The highest BCUT2D eigenvalue weighted by molar-refractivity contribution is 5.80. The van der Waals surface area contributed by atoms with Crippen molar-refractivity contribution in [3.63, 3.8) is 0 Å². The molecule has 4 aromatic rings. The number of halogens is 8. The van der Waals surface area contributed by atoms with Gasteiger partial charge < -0.3 is 15.2 Å². The molecule has 0 atom stereocenters. The summed E-state index contributed by atoms with van der Waals surface area (Å²) in [4.78, 5) is 11.4. The van der Waals surface area contributed by atoms with Crippen molar-refractivity contribution in [1.29, 1.82) is 0 Å². The number of aromatic nitrogens is 4. The standard InChI is InChI=1S/C21H14F8N6/c1-9-3-5-11(22)13(7-9)30-15-16(31-14-8-10(20(24,25)26)4-6-12(14)23)33-18-17(32-15)34-19(35(18)2)21(27,28)29/h3-8H,1-2H3,(H,30,32)(H,31,33). The molecular formula is C21H14F8N6. The molecule has 0 radical (unpaired) electrons. The maximum atomic E-state index is 14.3. The van der Waals surface area contributed by atoms with Crippen molar-refractivity contribution in [2.24, 2.45) is 7.05 Å². The van der Waals surface area contributed by atoms with Crippen LogP contribution in [0.4, 0.5) is 58.1 Å². The summed E-state index contributed by atoms with van der Waals surface area (Å²) in [6, 6.07) is 5.48. The highest BCUT2D eigenvalue weighted by Crippen LogP contribution is 2.36. The molecule has 0 saturated carbocycles. The van der Waals surface area contributed by atoms with Crippen LogP contribution in [-0.4, -0.2) is 19.5 Å². The van der Waals surface area contributed by atoms with Crippen LogP contribution in [0.2, 0.25) is 0 Å². The van der Waals surface area contributed by atoms with E-state index < -0.39 is 64.0 Å². The van der Waals surface area contributed by atoms with Crippen molar-refractivity contribution >= 4 is 34.3 Å². The molecule has 0 amide bonds. The van der Waals surface area contributed by atoms with Crippen molar-refractivity contribution in [3.8, 4) is 0 Å². The lowest BCUT2D eigenvalue weighted by Gasteiger charge is -2.15. The fraction of sp³-hybridized carbons (Fsp3) is 0.190. The third-order valence-corrected chi connectivity index (χ3v) is 4.88. The van der Waals surface area contributed by atoms with E-state index in [2.05, 4.69) is 25.6 Å². The average Bonchev–Trinajstić information content (AvgIpc) is 3.07. The van der Waals surface area contributed by atoms with Gasteiger partial charge in [-0.1, -0.05) is 6.07 Å². The Bertz CT molecular complexity index is 1420. The number of nitrogens with one attached hydrogen (secondary N) is 2. The third-order valence-electron chi connectivity index (χ3n) is 4.88. The second kappa shape index (κ2) is 8.36. The quantitative estimate of drug-likeness (QED) is 0.313. The maximum absolute atomic E-state index is 14.3. The van der Waals surface area contributed by atoms with Crippen LogP contribution in [0, 0.1) is 18.6 Å². The molecule has 2 N–H and O–H groups in total. The Morgan fingerprint density at radius 1 is 0.743 bits per heavy atom. The molecule has 0 aliphatic carbocycles. The number of fused-ring (bicyclic) bond motifs is 1. The second-order valence-corrected chi connectivity index (χ2v) is 7.49. The number of hydrogen-bond acceptors (Lipinski definition) is 5. The Balaban J connectivity index is 1.89. The molecule has 14 heteroatoms. The van der Waals surface area contributed by atoms with Gasteiger partial charge >= 0.3 is 12.4 Å². The average molecular weight is 502 g/mol. The molecule has 4 rings (SSSR count). The summed E-state index contributed by atoms with van der Waals surface area (Å²) in [5.74, 6) is -4.07. The minimum absolute atomic E-state index is 0.154. The Labute approximate surface area is 191 Å². The molecule has 0 unspecified atom stereocenters. The number of imidazole rings is 1. The van der Waals surface area contributed by atoms with Crippen LogP contribution in [0.15, 0.2) is 36.4 Å². The van der Waals surface area contributed by atoms with Crippen molar-refractivity contribution in [1.82, 2.24) is 19.5 Å². The van der Waals surface area contributed by atoms with Crippen LogP contribution in [0.1, 0.15) is 17.0 Å². The number of benzene rings is 2. The van der Waals surface area contributed by atoms with E-state index in [9.17, 15) is 35.1 Å². The van der Waals surface area contributed by atoms with Crippen LogP contribution in [-0.2, 0) is 19.4 Å². The summed E-state index contributed by atoms with van der Waals surface area (Å²) in [5.41, 5.74) is -2.29. The van der Waals surface area contributed by atoms with Crippen molar-refractivity contribution in [2.75, 3.05) is 10.6 Å². The predicted octanol–water partition coefficient (Wildman–Crippen LogP) is 6.47. The Hall–Kier alpha value is -3.97. The summed E-state index contributed by atoms with van der Waals surface area (Å²) < 4.78 is 109. The van der Waals surface area contributed by atoms with Crippen LogP contribution in [0.3, 0.4) is 0 Å². The van der Waals surface area contributed by atoms with Crippen LogP contribution >= 0.6 is 0 Å². The minimum atomic E-state index is -4.87. The van der Waals surface area contributed by atoms with E-state index in [0.717, 1.165) is 13.1 Å². The van der Waals surface area contributed by atoms with Crippen molar-refractivity contribution in [2.45, 2.75) is 19.3 Å². The summed E-state index contributed by atoms with van der Waals surface area (Å²) in [6.07, 6.45) is -9.66. The smallest absolute Gasteiger partial charge is 0.335 e. The molecule has 2 aromatic heterocycles. The molecule has 0 bridgehead atoms. The summed E-state index contributed by atoms with van der Waals surface area (Å²) in [5, 5.41) is 4.86. The van der Waals surface area contributed by atoms with Crippen molar-refractivity contribution in [3.05, 3.63) is 65.0 Å². The second-order valence-electron chi connectivity index (χ2n) is 7.49. The fourth-order valence-corrected chi connectivity index (χ4v) is 3.21. The highest BCUT2D eigenvalue weighted by atomic mass is 19.4. The van der Waals surface area contributed by atoms with Gasteiger partial charge in [0.15, 0.2) is 22.9 Å². The van der Waals surface area contributed by atoms with Gasteiger partial charge in [0.25, 0.3) is 0 Å². The van der Waals surface area contributed by atoms with Crippen LogP contribution in [0.25, 0.3) is 11.3 Å². The van der Waals surface area contributed by atoms with Gasteiger partial charge in [-0.2, -0.15) is 26.3 Å². The molecule has 0 fully saturated rings. The number of alkyl halides is 6. The van der Waals surface area contributed by atoms with E-state index >= 15 is 0 Å². The molecule has 2 heterocycles. The third kappa shape index (κ3) is 4.81. The van der Waals surface area contributed by atoms with Gasteiger partial charge in [-0.05, 0) is 42.8 Å². The first-order valence-electron chi connectivity index (χ1n) is 9.72. The topological polar surface area (TPSA) is 67.7 Å². The zero-order valence-electron chi connectivity index (χ0n) is 17.8. The first-order valence-corrected chi connectivity index (χ1v) is 9.72. The molecule has 0 spiro atoms. The van der Waals surface area contributed by atoms with E-state index in [0.29, 0.717) is 28.3 Å². The largest absolute Gasteiger partial charge is 0.449 e. The number of nitrogens with zero attached hydrogens (tertiary/aromatic N) is 4. The summed E-state index contributed by atoms with van der Waals surface area (Å²) in [7, 11) is 1.01. The number of anilines is 4. The van der Waals surface area contributed by atoms with Crippen LogP contribution in [0.5, 0.6) is 0 Å². The first kappa shape index (κ1) is 24.2. The molecule has 0 saturated heterocycles. The van der Waals surface area contributed by atoms with Gasteiger partial charge in [-0.25, -0.2) is 23.7 Å². The van der Waals surface area contributed by atoms with Gasteiger partial charge in [0.1, 0.15) is 11.6 Å². The number of rotatable bonds is 4. The Morgan fingerprint density at radius 3 is 1.91 bits per heavy atom. The molecular weight excluding hydrogens is 488 g/mol. The maximum Gasteiger partial charge on any atom is 0.449 e. The van der Waals surface area contributed by atoms with E-state index in [1.165, 1.54) is 12.1 Å². The minimum Gasteiger partial charge on any atom is -0.335 e.